The highest BCUT2D eigenvalue weighted by Crippen LogP contribution is 2.33. The molecule has 1 atom stereocenters. The minimum Gasteiger partial charge on any atom is -0.355 e. The Hall–Kier alpha value is -0.870. The zero-order chi connectivity index (χ0) is 15.3. The second kappa shape index (κ2) is 6.93. The van der Waals surface area contributed by atoms with E-state index in [1.54, 1.807) is 11.3 Å². The van der Waals surface area contributed by atoms with Gasteiger partial charge in [-0.15, -0.1) is 11.3 Å². The molecule has 0 spiro atoms. The number of carbonyl (C=O) groups is 1. The summed E-state index contributed by atoms with van der Waals surface area (Å²) in [5.41, 5.74) is -0.197. The third kappa shape index (κ3) is 3.86. The van der Waals surface area contributed by atoms with Gasteiger partial charge < -0.3 is 10.6 Å². The van der Waals surface area contributed by atoms with E-state index in [-0.39, 0.29) is 16.7 Å². The first-order valence-electron chi connectivity index (χ1n) is 8.03. The number of carbonyl (C=O) groups excluding carboxylic acids is 1. The molecule has 1 aromatic heterocycles. The Bertz CT molecular complexity index is 442. The molecule has 1 amide bonds. The van der Waals surface area contributed by atoms with Crippen LogP contribution in [0.25, 0.3) is 0 Å². The molecular weight excluding hydrogens is 280 g/mol. The highest BCUT2D eigenvalue weighted by Gasteiger charge is 2.39. The summed E-state index contributed by atoms with van der Waals surface area (Å²) in [6.07, 6.45) is 4.15. The Morgan fingerprint density at radius 3 is 2.90 bits per heavy atom. The summed E-state index contributed by atoms with van der Waals surface area (Å²) < 4.78 is 0. The van der Waals surface area contributed by atoms with Crippen molar-refractivity contribution in [3.63, 3.8) is 0 Å². The maximum atomic E-state index is 12.8. The van der Waals surface area contributed by atoms with Crippen LogP contribution >= 0.6 is 11.3 Å². The van der Waals surface area contributed by atoms with Crippen molar-refractivity contribution in [2.75, 3.05) is 19.6 Å². The van der Waals surface area contributed by atoms with E-state index in [4.69, 9.17) is 0 Å². The van der Waals surface area contributed by atoms with Crippen LogP contribution in [0.3, 0.4) is 0 Å². The lowest BCUT2D eigenvalue weighted by Gasteiger charge is -2.37. The monoisotopic (exact) mass is 308 g/mol. The fraction of sp³-hybridized carbons (Fsp3) is 0.706. The predicted octanol–water partition coefficient (Wildman–Crippen LogP) is 3.31. The SMILES string of the molecule is CCCC1(C(=O)NCC(C)(C)c2cccs2)CCCNC1. The van der Waals surface area contributed by atoms with Crippen LogP contribution in [0.5, 0.6) is 0 Å². The second-order valence-corrected chi connectivity index (χ2v) is 7.80. The minimum absolute atomic E-state index is 0.000668. The molecule has 2 N–H and O–H groups in total. The van der Waals surface area contributed by atoms with Crippen LogP contribution < -0.4 is 10.6 Å². The smallest absolute Gasteiger partial charge is 0.227 e. The molecule has 0 saturated carbocycles. The van der Waals surface area contributed by atoms with Crippen LogP contribution in [0.2, 0.25) is 0 Å². The number of hydrogen-bond acceptors (Lipinski definition) is 3. The molecule has 2 rings (SSSR count). The van der Waals surface area contributed by atoms with Gasteiger partial charge in [0.05, 0.1) is 5.41 Å². The molecule has 1 saturated heterocycles. The van der Waals surface area contributed by atoms with Gasteiger partial charge >= 0.3 is 0 Å². The van der Waals surface area contributed by atoms with Crippen molar-refractivity contribution in [2.45, 2.75) is 51.9 Å². The highest BCUT2D eigenvalue weighted by molar-refractivity contribution is 7.10. The normalized spacial score (nSPS) is 23.0. The van der Waals surface area contributed by atoms with Crippen molar-refractivity contribution >= 4 is 17.2 Å². The van der Waals surface area contributed by atoms with E-state index in [9.17, 15) is 4.79 Å². The van der Waals surface area contributed by atoms with Gasteiger partial charge in [-0.2, -0.15) is 0 Å². The summed E-state index contributed by atoms with van der Waals surface area (Å²) in [5, 5.41) is 8.74. The van der Waals surface area contributed by atoms with Crippen molar-refractivity contribution in [3.8, 4) is 0 Å². The Balaban J connectivity index is 1.99. The maximum Gasteiger partial charge on any atom is 0.227 e. The zero-order valence-corrected chi connectivity index (χ0v) is 14.3. The Labute approximate surface area is 132 Å². The molecular formula is C17H28N2OS. The first-order chi connectivity index (χ1) is 10.0. The van der Waals surface area contributed by atoms with E-state index in [2.05, 4.69) is 48.9 Å². The molecule has 3 nitrogen and oxygen atoms in total. The van der Waals surface area contributed by atoms with Gasteiger partial charge in [-0.1, -0.05) is 33.3 Å². The lowest BCUT2D eigenvalue weighted by atomic mass is 9.76. The van der Waals surface area contributed by atoms with Crippen molar-refractivity contribution in [2.24, 2.45) is 5.41 Å². The molecule has 0 aromatic carbocycles. The van der Waals surface area contributed by atoms with Crippen LogP contribution in [0.4, 0.5) is 0 Å². The fourth-order valence-corrected chi connectivity index (χ4v) is 4.06. The summed E-state index contributed by atoms with van der Waals surface area (Å²) >= 11 is 1.76. The van der Waals surface area contributed by atoms with Gasteiger partial charge in [0.25, 0.3) is 0 Å². The quantitative estimate of drug-likeness (QED) is 0.846. The lowest BCUT2D eigenvalue weighted by Crippen LogP contribution is -2.52. The second-order valence-electron chi connectivity index (χ2n) is 6.85. The molecule has 0 aliphatic carbocycles. The predicted molar refractivity (Wildman–Crippen MR) is 89.8 cm³/mol. The van der Waals surface area contributed by atoms with E-state index in [1.165, 1.54) is 4.88 Å². The average Bonchev–Trinajstić information content (AvgIpc) is 3.01. The van der Waals surface area contributed by atoms with E-state index in [0.717, 1.165) is 38.8 Å². The van der Waals surface area contributed by atoms with Crippen molar-refractivity contribution in [3.05, 3.63) is 22.4 Å². The number of nitrogens with one attached hydrogen (secondary N) is 2. The summed E-state index contributed by atoms with van der Waals surface area (Å²) in [6, 6.07) is 4.23. The van der Waals surface area contributed by atoms with E-state index < -0.39 is 0 Å². The molecule has 0 bridgehead atoms. The molecule has 1 aromatic rings. The van der Waals surface area contributed by atoms with Gasteiger partial charge in [-0.3, -0.25) is 4.79 Å². The number of rotatable bonds is 6. The van der Waals surface area contributed by atoms with Crippen LogP contribution in [-0.4, -0.2) is 25.5 Å². The lowest BCUT2D eigenvalue weighted by molar-refractivity contribution is -0.132. The summed E-state index contributed by atoms with van der Waals surface area (Å²) in [5.74, 6) is 0.237. The van der Waals surface area contributed by atoms with Crippen molar-refractivity contribution in [1.82, 2.24) is 10.6 Å². The van der Waals surface area contributed by atoms with Crippen molar-refractivity contribution < 1.29 is 4.79 Å². The summed E-state index contributed by atoms with van der Waals surface area (Å²) in [6.45, 7) is 9.14. The summed E-state index contributed by atoms with van der Waals surface area (Å²) in [7, 11) is 0. The standard InChI is InChI=1S/C17H28N2OS/c1-4-8-17(9-6-10-18-13-17)15(20)19-12-16(2,3)14-7-5-11-21-14/h5,7,11,18H,4,6,8-10,12-13H2,1-3H3,(H,19,20). The molecule has 0 radical (unpaired) electrons. The van der Waals surface area contributed by atoms with E-state index >= 15 is 0 Å². The molecule has 1 aliphatic rings. The number of thiophene rings is 1. The highest BCUT2D eigenvalue weighted by atomic mass is 32.1. The third-order valence-corrected chi connectivity index (χ3v) is 5.80. The van der Waals surface area contributed by atoms with E-state index in [0.29, 0.717) is 6.54 Å². The molecule has 1 unspecified atom stereocenters. The summed E-state index contributed by atoms with van der Waals surface area (Å²) in [4.78, 5) is 14.1. The van der Waals surface area contributed by atoms with Crippen molar-refractivity contribution in [1.29, 1.82) is 0 Å². The molecule has 4 heteroatoms. The van der Waals surface area contributed by atoms with Gasteiger partial charge in [0.15, 0.2) is 0 Å². The zero-order valence-electron chi connectivity index (χ0n) is 13.5. The first-order valence-corrected chi connectivity index (χ1v) is 8.91. The number of hydrogen-bond donors (Lipinski definition) is 2. The number of amides is 1. The Kier molecular flexibility index (Phi) is 5.44. The van der Waals surface area contributed by atoms with Gasteiger partial charge in [0.1, 0.15) is 0 Å². The topological polar surface area (TPSA) is 41.1 Å². The molecule has 118 valence electrons. The van der Waals surface area contributed by atoms with E-state index in [1.807, 2.05) is 0 Å². The molecule has 2 heterocycles. The van der Waals surface area contributed by atoms with Gasteiger partial charge in [-0.25, -0.2) is 0 Å². The fourth-order valence-electron chi connectivity index (χ4n) is 3.21. The van der Waals surface area contributed by atoms with Crippen LogP contribution in [0.15, 0.2) is 17.5 Å². The molecule has 21 heavy (non-hydrogen) atoms. The molecule has 1 fully saturated rings. The van der Waals surface area contributed by atoms with Gasteiger partial charge in [0, 0.05) is 23.4 Å². The van der Waals surface area contributed by atoms with Crippen LogP contribution in [0.1, 0.15) is 51.3 Å². The number of piperidine rings is 1. The average molecular weight is 308 g/mol. The van der Waals surface area contributed by atoms with Gasteiger partial charge in [-0.05, 0) is 37.3 Å². The maximum absolute atomic E-state index is 12.8. The van der Waals surface area contributed by atoms with Crippen LogP contribution in [-0.2, 0) is 10.2 Å². The third-order valence-electron chi connectivity index (χ3n) is 4.56. The minimum atomic E-state index is -0.196. The molecule has 1 aliphatic heterocycles. The van der Waals surface area contributed by atoms with Gasteiger partial charge in [0.2, 0.25) is 5.91 Å². The Morgan fingerprint density at radius 2 is 2.33 bits per heavy atom. The largest absolute Gasteiger partial charge is 0.355 e. The first kappa shape index (κ1) is 16.5. The Morgan fingerprint density at radius 1 is 1.52 bits per heavy atom. The van der Waals surface area contributed by atoms with Crippen LogP contribution in [0, 0.1) is 5.41 Å².